The zero-order valence-corrected chi connectivity index (χ0v) is 15.6. The molecule has 0 radical (unpaired) electrons. The summed E-state index contributed by atoms with van der Waals surface area (Å²) in [4.78, 5) is 0. The van der Waals surface area contributed by atoms with Crippen LogP contribution in [-0.2, 0) is 0 Å². The predicted molar refractivity (Wildman–Crippen MR) is 94.8 cm³/mol. The first-order valence-corrected chi connectivity index (χ1v) is 8.59. The molecule has 25 heavy (non-hydrogen) atoms. The summed E-state index contributed by atoms with van der Waals surface area (Å²) in [5, 5.41) is 22.8. The van der Waals surface area contributed by atoms with Crippen molar-refractivity contribution in [1.29, 1.82) is 0 Å². The van der Waals surface area contributed by atoms with E-state index < -0.39 is 12.2 Å². The fourth-order valence-corrected chi connectivity index (χ4v) is 2.74. The Balaban J connectivity index is 0.00000312. The lowest BCUT2D eigenvalue weighted by molar-refractivity contribution is -0.695. The predicted octanol–water partition coefficient (Wildman–Crippen LogP) is -0.802. The van der Waals surface area contributed by atoms with Gasteiger partial charge in [-0.2, -0.15) is 0 Å². The molecule has 0 amide bonds. The van der Waals surface area contributed by atoms with Crippen molar-refractivity contribution >= 4 is 0 Å². The van der Waals surface area contributed by atoms with Crippen LogP contribution in [0.4, 0.5) is 0 Å². The quantitative estimate of drug-likeness (QED) is 0.545. The van der Waals surface area contributed by atoms with E-state index >= 15 is 0 Å². The van der Waals surface area contributed by atoms with Gasteiger partial charge in [-0.1, -0.05) is 42.5 Å². The van der Waals surface area contributed by atoms with Crippen molar-refractivity contribution in [3.8, 4) is 5.75 Å². The van der Waals surface area contributed by atoms with E-state index in [1.165, 1.54) is 0 Å². The number of benzene rings is 2. The summed E-state index contributed by atoms with van der Waals surface area (Å²) in [6, 6.07) is 17.3. The molecule has 0 bridgehead atoms. The van der Waals surface area contributed by atoms with Gasteiger partial charge in [0.25, 0.3) is 0 Å². The van der Waals surface area contributed by atoms with E-state index in [0.717, 1.165) is 23.4 Å². The Bertz CT molecular complexity index is 609. The highest BCUT2D eigenvalue weighted by molar-refractivity contribution is 5.29. The van der Waals surface area contributed by atoms with Crippen molar-refractivity contribution in [1.82, 2.24) is 0 Å². The van der Waals surface area contributed by atoms with E-state index in [9.17, 15) is 10.2 Å². The third-order valence-corrected chi connectivity index (χ3v) is 4.17. The summed E-state index contributed by atoms with van der Waals surface area (Å²) in [6.07, 6.45) is -0.408. The zero-order chi connectivity index (χ0) is 17.4. The number of ether oxygens (including phenoxy) is 1. The first kappa shape index (κ1) is 21.5. The molecule has 0 aromatic heterocycles. The van der Waals surface area contributed by atoms with Gasteiger partial charge in [-0.3, -0.25) is 0 Å². The topological polar surface area (TPSA) is 66.3 Å². The Hall–Kier alpha value is -1.59. The van der Waals surface area contributed by atoms with Gasteiger partial charge in [-0.05, 0) is 37.1 Å². The highest BCUT2D eigenvalue weighted by atomic mass is 35.5. The smallest absolute Gasteiger partial charge is 0.130 e. The maximum Gasteiger partial charge on any atom is 0.130 e. The summed E-state index contributed by atoms with van der Waals surface area (Å²) in [5.74, 6) is 0.783. The van der Waals surface area contributed by atoms with Gasteiger partial charge < -0.3 is 32.7 Å². The Kier molecular flexibility index (Phi) is 9.53. The summed E-state index contributed by atoms with van der Waals surface area (Å²) >= 11 is 0. The van der Waals surface area contributed by atoms with Gasteiger partial charge in [0.15, 0.2) is 0 Å². The van der Waals surface area contributed by atoms with Crippen molar-refractivity contribution in [2.24, 2.45) is 0 Å². The molecule has 4 N–H and O–H groups in total. The minimum atomic E-state index is -0.525. The van der Waals surface area contributed by atoms with Crippen LogP contribution in [0.3, 0.4) is 0 Å². The van der Waals surface area contributed by atoms with Crippen LogP contribution in [0.1, 0.15) is 43.6 Å². The van der Waals surface area contributed by atoms with Crippen molar-refractivity contribution in [2.75, 3.05) is 13.2 Å². The number of hydrogen-bond donors (Lipinski definition) is 3. The molecule has 5 heteroatoms. The van der Waals surface area contributed by atoms with E-state index in [1.807, 2.05) is 68.4 Å². The summed E-state index contributed by atoms with van der Waals surface area (Å²) in [6.45, 7) is 5.30. The van der Waals surface area contributed by atoms with E-state index in [1.54, 1.807) is 0 Å². The zero-order valence-electron chi connectivity index (χ0n) is 14.8. The van der Waals surface area contributed by atoms with Crippen LogP contribution >= 0.6 is 0 Å². The fraction of sp³-hybridized carbons (Fsp3) is 0.400. The standard InChI is InChI=1S/C20H27NO3.ClH/c1-3-24-18-11-7-10-17(14-18)19(22)12-13-21-15(2)20(23)16-8-5-4-6-9-16;/h4-11,14-15,19-23H,3,12-13H2,1-2H3;1H. The van der Waals surface area contributed by atoms with Gasteiger partial charge >= 0.3 is 0 Å². The summed E-state index contributed by atoms with van der Waals surface area (Å²) in [5.41, 5.74) is 1.79. The minimum Gasteiger partial charge on any atom is -1.00 e. The number of nitrogens with two attached hydrogens (primary N) is 1. The van der Waals surface area contributed by atoms with Crippen LogP contribution in [0.15, 0.2) is 54.6 Å². The second kappa shape index (κ2) is 11.1. The SMILES string of the molecule is CCOc1cccc(C(O)CC[NH2+]C(C)C(O)c2ccccc2)c1.[Cl-]. The minimum absolute atomic E-state index is 0. The molecule has 2 aromatic rings. The molecule has 0 fully saturated rings. The average Bonchev–Trinajstić information content (AvgIpc) is 2.62. The van der Waals surface area contributed by atoms with Crippen molar-refractivity contribution in [3.63, 3.8) is 0 Å². The molecule has 0 heterocycles. The Labute approximate surface area is 156 Å². The van der Waals surface area contributed by atoms with E-state index in [2.05, 4.69) is 5.32 Å². The van der Waals surface area contributed by atoms with Gasteiger partial charge in [0.1, 0.15) is 17.9 Å². The molecular formula is C20H28ClNO3. The maximum atomic E-state index is 10.4. The molecule has 2 rings (SSSR count). The van der Waals surface area contributed by atoms with Gasteiger partial charge in [-0.25, -0.2) is 0 Å². The third kappa shape index (κ3) is 6.67. The Morgan fingerprint density at radius 3 is 2.36 bits per heavy atom. The first-order valence-electron chi connectivity index (χ1n) is 8.59. The van der Waals surface area contributed by atoms with Crippen LogP contribution in [0.5, 0.6) is 5.75 Å². The third-order valence-electron chi connectivity index (χ3n) is 4.17. The van der Waals surface area contributed by atoms with E-state index in [4.69, 9.17) is 4.74 Å². The molecule has 138 valence electrons. The van der Waals surface area contributed by atoms with Crippen molar-refractivity contribution in [3.05, 3.63) is 65.7 Å². The van der Waals surface area contributed by atoms with Crippen molar-refractivity contribution in [2.45, 2.75) is 38.5 Å². The lowest BCUT2D eigenvalue weighted by Gasteiger charge is -2.19. The second-order valence-electron chi connectivity index (χ2n) is 6.05. The number of halogens is 1. The molecule has 0 saturated carbocycles. The van der Waals surface area contributed by atoms with E-state index in [-0.39, 0.29) is 18.4 Å². The fourth-order valence-electron chi connectivity index (χ4n) is 2.74. The molecule has 0 spiro atoms. The molecule has 0 aliphatic carbocycles. The molecule has 4 nitrogen and oxygen atoms in total. The molecule has 3 atom stereocenters. The van der Waals surface area contributed by atoms with Crippen molar-refractivity contribution < 1.29 is 32.7 Å². The largest absolute Gasteiger partial charge is 1.00 e. The van der Waals surface area contributed by atoms with E-state index in [0.29, 0.717) is 13.0 Å². The number of hydrogen-bond acceptors (Lipinski definition) is 3. The summed E-state index contributed by atoms with van der Waals surface area (Å²) in [7, 11) is 0. The Morgan fingerprint density at radius 2 is 1.68 bits per heavy atom. The maximum absolute atomic E-state index is 10.4. The van der Waals surface area contributed by atoms with Crippen LogP contribution in [0.2, 0.25) is 0 Å². The molecule has 0 aliphatic rings. The molecule has 0 aliphatic heterocycles. The Morgan fingerprint density at radius 1 is 1.00 bits per heavy atom. The molecule has 2 aromatic carbocycles. The van der Waals surface area contributed by atoms with Gasteiger partial charge in [0.2, 0.25) is 0 Å². The molecule has 0 saturated heterocycles. The lowest BCUT2D eigenvalue weighted by Crippen LogP contribution is -3.00. The monoisotopic (exact) mass is 365 g/mol. The van der Waals surface area contributed by atoms with Crippen LogP contribution in [0, 0.1) is 0 Å². The lowest BCUT2D eigenvalue weighted by atomic mass is 10.0. The summed E-state index contributed by atoms with van der Waals surface area (Å²) < 4.78 is 5.47. The molecule has 3 unspecified atom stereocenters. The van der Waals surface area contributed by atoms with Gasteiger partial charge in [-0.15, -0.1) is 0 Å². The number of aliphatic hydroxyl groups excluding tert-OH is 2. The highest BCUT2D eigenvalue weighted by Gasteiger charge is 2.19. The molecular weight excluding hydrogens is 338 g/mol. The number of rotatable bonds is 9. The second-order valence-corrected chi connectivity index (χ2v) is 6.05. The first-order chi connectivity index (χ1) is 11.6. The highest BCUT2D eigenvalue weighted by Crippen LogP contribution is 2.21. The van der Waals surface area contributed by atoms with Crippen LogP contribution in [0.25, 0.3) is 0 Å². The average molecular weight is 366 g/mol. The van der Waals surface area contributed by atoms with Gasteiger partial charge in [0.05, 0.1) is 19.3 Å². The van der Waals surface area contributed by atoms with Gasteiger partial charge in [0, 0.05) is 6.42 Å². The number of quaternary nitrogens is 1. The number of aliphatic hydroxyl groups is 2. The van der Waals surface area contributed by atoms with Crippen LogP contribution < -0.4 is 22.5 Å². The van der Waals surface area contributed by atoms with Crippen LogP contribution in [-0.4, -0.2) is 29.4 Å². The normalized spacial score (nSPS) is 14.2.